The van der Waals surface area contributed by atoms with Crippen molar-refractivity contribution in [1.29, 1.82) is 0 Å². The van der Waals surface area contributed by atoms with Crippen LogP contribution in [0, 0.1) is 6.92 Å². The quantitative estimate of drug-likeness (QED) is 0.838. The summed E-state index contributed by atoms with van der Waals surface area (Å²) in [5.74, 6) is 1.48. The first kappa shape index (κ1) is 17.4. The van der Waals surface area contributed by atoms with Crippen molar-refractivity contribution < 1.29 is 13.9 Å². The summed E-state index contributed by atoms with van der Waals surface area (Å²) in [5, 5.41) is 3.56. The molecule has 23 heavy (non-hydrogen) atoms. The molecule has 2 aromatic rings. The van der Waals surface area contributed by atoms with Crippen LogP contribution in [0.2, 0.25) is 5.02 Å². The summed E-state index contributed by atoms with van der Waals surface area (Å²) >= 11 is 6.24. The summed E-state index contributed by atoms with van der Waals surface area (Å²) in [6.45, 7) is 7.86. The molecule has 0 aliphatic carbocycles. The molecule has 1 N–H and O–H groups in total. The van der Waals surface area contributed by atoms with Gasteiger partial charge in [0.15, 0.2) is 6.61 Å². The highest BCUT2D eigenvalue weighted by atomic mass is 35.5. The van der Waals surface area contributed by atoms with Gasteiger partial charge < -0.3 is 14.5 Å². The van der Waals surface area contributed by atoms with Gasteiger partial charge in [0, 0.05) is 5.02 Å². The molecule has 4 nitrogen and oxygen atoms in total. The number of furan rings is 1. The largest absolute Gasteiger partial charge is 0.483 e. The van der Waals surface area contributed by atoms with Gasteiger partial charge >= 0.3 is 0 Å². The van der Waals surface area contributed by atoms with E-state index in [0.717, 1.165) is 16.1 Å². The fourth-order valence-electron chi connectivity index (χ4n) is 2.30. The Morgan fingerprint density at radius 3 is 2.70 bits per heavy atom. The van der Waals surface area contributed by atoms with E-state index in [1.807, 2.05) is 32.0 Å². The second-order valence-electron chi connectivity index (χ2n) is 5.89. The molecule has 1 heterocycles. The summed E-state index contributed by atoms with van der Waals surface area (Å²) in [5.41, 5.74) is 1.92. The minimum Gasteiger partial charge on any atom is -0.483 e. The molecule has 0 saturated carbocycles. The Morgan fingerprint density at radius 1 is 1.35 bits per heavy atom. The van der Waals surface area contributed by atoms with Crippen molar-refractivity contribution in [3.8, 4) is 5.75 Å². The standard InChI is InChI=1S/C18H22ClNO3/c1-11(2)14-9-17(12(3)8-15(14)19)23-10-18(21)20-13(4)16-6-5-7-22-16/h5-9,11,13H,10H2,1-4H3,(H,20,21). The first-order valence-corrected chi connectivity index (χ1v) is 8.02. The first-order chi connectivity index (χ1) is 10.9. The number of hydrogen-bond acceptors (Lipinski definition) is 3. The van der Waals surface area contributed by atoms with Crippen molar-refractivity contribution in [2.45, 2.75) is 39.7 Å². The SMILES string of the molecule is Cc1cc(Cl)c(C(C)C)cc1OCC(=O)NC(C)c1ccco1. The van der Waals surface area contributed by atoms with Gasteiger partial charge in [-0.15, -0.1) is 0 Å². The lowest BCUT2D eigenvalue weighted by Gasteiger charge is -2.16. The Bertz CT molecular complexity index is 665. The summed E-state index contributed by atoms with van der Waals surface area (Å²) in [6, 6.07) is 7.20. The maximum atomic E-state index is 12.0. The molecular formula is C18H22ClNO3. The monoisotopic (exact) mass is 335 g/mol. The maximum Gasteiger partial charge on any atom is 0.258 e. The summed E-state index contributed by atoms with van der Waals surface area (Å²) in [4.78, 5) is 12.0. The third-order valence-corrected chi connectivity index (χ3v) is 3.95. The van der Waals surface area contributed by atoms with E-state index in [1.54, 1.807) is 12.3 Å². The van der Waals surface area contributed by atoms with Crippen LogP contribution in [0.4, 0.5) is 0 Å². The Kier molecular flexibility index (Phi) is 5.72. The van der Waals surface area contributed by atoms with E-state index in [2.05, 4.69) is 19.2 Å². The number of aryl methyl sites for hydroxylation is 1. The van der Waals surface area contributed by atoms with Crippen LogP contribution in [0.1, 0.15) is 49.6 Å². The third kappa shape index (κ3) is 4.52. The second-order valence-corrected chi connectivity index (χ2v) is 6.29. The number of halogens is 1. The smallest absolute Gasteiger partial charge is 0.258 e. The van der Waals surface area contributed by atoms with E-state index in [4.69, 9.17) is 20.8 Å². The van der Waals surface area contributed by atoms with Gasteiger partial charge in [-0.1, -0.05) is 25.4 Å². The summed E-state index contributed by atoms with van der Waals surface area (Å²) in [6.07, 6.45) is 1.58. The van der Waals surface area contributed by atoms with Crippen molar-refractivity contribution in [3.05, 3.63) is 52.4 Å². The number of benzene rings is 1. The molecule has 0 spiro atoms. The average Bonchev–Trinajstić information content (AvgIpc) is 3.00. The first-order valence-electron chi connectivity index (χ1n) is 7.64. The van der Waals surface area contributed by atoms with Crippen LogP contribution in [0.3, 0.4) is 0 Å². The normalized spacial score (nSPS) is 12.3. The predicted molar refractivity (Wildman–Crippen MR) is 91.0 cm³/mol. The Morgan fingerprint density at radius 2 is 2.09 bits per heavy atom. The fraction of sp³-hybridized carbons (Fsp3) is 0.389. The molecule has 2 rings (SSSR count). The zero-order valence-electron chi connectivity index (χ0n) is 13.9. The molecular weight excluding hydrogens is 314 g/mol. The van der Waals surface area contributed by atoms with Crippen molar-refractivity contribution in [2.75, 3.05) is 6.61 Å². The number of hydrogen-bond donors (Lipinski definition) is 1. The molecule has 0 saturated heterocycles. The fourth-order valence-corrected chi connectivity index (χ4v) is 2.74. The third-order valence-electron chi connectivity index (χ3n) is 3.62. The van der Waals surface area contributed by atoms with Gasteiger partial charge in [-0.25, -0.2) is 0 Å². The van der Waals surface area contributed by atoms with Gasteiger partial charge in [-0.05, 0) is 55.2 Å². The maximum absolute atomic E-state index is 12.0. The van der Waals surface area contributed by atoms with Crippen LogP contribution in [0.5, 0.6) is 5.75 Å². The number of amides is 1. The van der Waals surface area contributed by atoms with Crippen LogP contribution >= 0.6 is 11.6 Å². The molecule has 0 bridgehead atoms. The van der Waals surface area contributed by atoms with E-state index < -0.39 is 0 Å². The Hall–Kier alpha value is -1.94. The highest BCUT2D eigenvalue weighted by Crippen LogP contribution is 2.31. The van der Waals surface area contributed by atoms with E-state index in [0.29, 0.717) is 17.4 Å². The molecule has 1 aromatic carbocycles. The molecule has 124 valence electrons. The number of rotatable bonds is 6. The van der Waals surface area contributed by atoms with Crippen molar-refractivity contribution >= 4 is 17.5 Å². The molecule has 0 aliphatic heterocycles. The molecule has 0 radical (unpaired) electrons. The Labute approximate surface area is 141 Å². The number of nitrogens with one attached hydrogen (secondary N) is 1. The number of ether oxygens (including phenoxy) is 1. The predicted octanol–water partition coefficient (Wildman–Crippen LogP) is 4.62. The summed E-state index contributed by atoms with van der Waals surface area (Å²) < 4.78 is 10.9. The van der Waals surface area contributed by atoms with Crippen LogP contribution in [-0.2, 0) is 4.79 Å². The van der Waals surface area contributed by atoms with Gasteiger partial charge in [0.25, 0.3) is 5.91 Å². The van der Waals surface area contributed by atoms with E-state index in [-0.39, 0.29) is 18.6 Å². The minimum atomic E-state index is -0.200. The van der Waals surface area contributed by atoms with Crippen molar-refractivity contribution in [3.63, 3.8) is 0 Å². The zero-order chi connectivity index (χ0) is 17.0. The van der Waals surface area contributed by atoms with Crippen LogP contribution in [0.15, 0.2) is 34.9 Å². The van der Waals surface area contributed by atoms with E-state index >= 15 is 0 Å². The zero-order valence-corrected chi connectivity index (χ0v) is 14.6. The molecule has 5 heteroatoms. The lowest BCUT2D eigenvalue weighted by molar-refractivity contribution is -0.123. The molecule has 1 unspecified atom stereocenters. The minimum absolute atomic E-state index is 0.0505. The van der Waals surface area contributed by atoms with E-state index in [9.17, 15) is 4.79 Å². The van der Waals surface area contributed by atoms with Crippen LogP contribution in [0.25, 0.3) is 0 Å². The molecule has 1 amide bonds. The molecule has 1 aromatic heterocycles. The van der Waals surface area contributed by atoms with Crippen molar-refractivity contribution in [2.24, 2.45) is 0 Å². The van der Waals surface area contributed by atoms with Crippen molar-refractivity contribution in [1.82, 2.24) is 5.32 Å². The van der Waals surface area contributed by atoms with Crippen LogP contribution in [-0.4, -0.2) is 12.5 Å². The van der Waals surface area contributed by atoms with Gasteiger partial charge in [0.05, 0.1) is 12.3 Å². The highest BCUT2D eigenvalue weighted by Gasteiger charge is 2.14. The van der Waals surface area contributed by atoms with Gasteiger partial charge in [0.2, 0.25) is 0 Å². The van der Waals surface area contributed by atoms with Gasteiger partial charge in [-0.2, -0.15) is 0 Å². The lowest BCUT2D eigenvalue weighted by atomic mass is 10.0. The van der Waals surface area contributed by atoms with Crippen LogP contribution < -0.4 is 10.1 Å². The lowest BCUT2D eigenvalue weighted by Crippen LogP contribution is -2.31. The summed E-state index contributed by atoms with van der Waals surface area (Å²) in [7, 11) is 0. The molecule has 0 fully saturated rings. The number of carbonyl (C=O) groups excluding carboxylic acids is 1. The van der Waals surface area contributed by atoms with Gasteiger partial charge in [0.1, 0.15) is 11.5 Å². The second kappa shape index (κ2) is 7.55. The topological polar surface area (TPSA) is 51.5 Å². The highest BCUT2D eigenvalue weighted by molar-refractivity contribution is 6.31. The number of carbonyl (C=O) groups is 1. The molecule has 1 atom stereocenters. The average molecular weight is 336 g/mol. The Balaban J connectivity index is 1.97. The van der Waals surface area contributed by atoms with Gasteiger partial charge in [-0.3, -0.25) is 4.79 Å². The van der Waals surface area contributed by atoms with E-state index in [1.165, 1.54) is 0 Å². The molecule has 0 aliphatic rings.